The SMILES string of the molecule is C[C@H](NC1=NC(=O)[C@@](C)(C2CCN(C(=O)c3ccc[nH]3)CC2)S1)c1ccc(F)cc1. The Morgan fingerprint density at radius 3 is 2.63 bits per heavy atom. The number of amides is 2. The maximum absolute atomic E-state index is 13.2. The molecular weight excluding hydrogens is 403 g/mol. The number of benzene rings is 1. The van der Waals surface area contributed by atoms with E-state index < -0.39 is 4.75 Å². The molecule has 0 radical (unpaired) electrons. The monoisotopic (exact) mass is 428 g/mol. The van der Waals surface area contributed by atoms with Gasteiger partial charge in [-0.2, -0.15) is 4.99 Å². The number of halogens is 1. The number of nitrogens with zero attached hydrogens (tertiary/aromatic N) is 2. The van der Waals surface area contributed by atoms with Crippen molar-refractivity contribution in [1.82, 2.24) is 15.2 Å². The normalized spacial score (nSPS) is 23.4. The first-order chi connectivity index (χ1) is 14.4. The molecule has 3 heterocycles. The number of hydrogen-bond acceptors (Lipinski definition) is 4. The number of nitrogens with one attached hydrogen (secondary N) is 2. The second-order valence-electron chi connectivity index (χ2n) is 8.00. The van der Waals surface area contributed by atoms with Gasteiger partial charge in [-0.1, -0.05) is 23.9 Å². The van der Waals surface area contributed by atoms with E-state index in [0.29, 0.717) is 24.0 Å². The molecule has 0 spiro atoms. The molecule has 6 nitrogen and oxygen atoms in total. The largest absolute Gasteiger partial charge is 0.358 e. The third kappa shape index (κ3) is 4.01. The summed E-state index contributed by atoms with van der Waals surface area (Å²) >= 11 is 1.47. The van der Waals surface area contributed by atoms with Gasteiger partial charge in [0.1, 0.15) is 16.3 Å². The quantitative estimate of drug-likeness (QED) is 0.778. The smallest absolute Gasteiger partial charge is 0.270 e. The molecule has 2 atom stereocenters. The molecule has 158 valence electrons. The van der Waals surface area contributed by atoms with Crippen molar-refractivity contribution in [3.63, 3.8) is 0 Å². The third-order valence-electron chi connectivity index (χ3n) is 6.04. The summed E-state index contributed by atoms with van der Waals surface area (Å²) in [6, 6.07) is 9.81. The second-order valence-corrected chi connectivity index (χ2v) is 9.44. The lowest BCUT2D eigenvalue weighted by atomic mass is 9.84. The lowest BCUT2D eigenvalue weighted by molar-refractivity contribution is -0.121. The van der Waals surface area contributed by atoms with Crippen LogP contribution in [0.3, 0.4) is 0 Å². The molecule has 2 aromatic rings. The van der Waals surface area contributed by atoms with E-state index in [-0.39, 0.29) is 29.6 Å². The first kappa shape index (κ1) is 20.7. The van der Waals surface area contributed by atoms with E-state index in [1.54, 1.807) is 24.4 Å². The van der Waals surface area contributed by atoms with E-state index >= 15 is 0 Å². The van der Waals surface area contributed by atoms with Gasteiger partial charge >= 0.3 is 0 Å². The van der Waals surface area contributed by atoms with Crippen LogP contribution in [-0.4, -0.2) is 44.7 Å². The van der Waals surface area contributed by atoms with Gasteiger partial charge in [-0.15, -0.1) is 0 Å². The van der Waals surface area contributed by atoms with Gasteiger partial charge in [0.2, 0.25) is 0 Å². The van der Waals surface area contributed by atoms with Crippen molar-refractivity contribution >= 4 is 28.7 Å². The number of amidine groups is 1. The molecule has 1 fully saturated rings. The Morgan fingerprint density at radius 1 is 1.30 bits per heavy atom. The highest BCUT2D eigenvalue weighted by Gasteiger charge is 2.48. The number of aromatic amines is 1. The van der Waals surface area contributed by atoms with Crippen molar-refractivity contribution in [3.8, 4) is 0 Å². The number of likely N-dealkylation sites (tertiary alicyclic amines) is 1. The van der Waals surface area contributed by atoms with Crippen LogP contribution >= 0.6 is 11.8 Å². The molecule has 2 aliphatic heterocycles. The Bertz CT molecular complexity index is 952. The number of aromatic nitrogens is 1. The van der Waals surface area contributed by atoms with Crippen molar-refractivity contribution in [3.05, 3.63) is 59.7 Å². The molecule has 30 heavy (non-hydrogen) atoms. The third-order valence-corrected chi connectivity index (χ3v) is 7.37. The highest BCUT2D eigenvalue weighted by molar-refractivity contribution is 8.16. The number of hydrogen-bond donors (Lipinski definition) is 2. The lowest BCUT2D eigenvalue weighted by Gasteiger charge is -2.38. The first-order valence-electron chi connectivity index (χ1n) is 10.1. The summed E-state index contributed by atoms with van der Waals surface area (Å²) in [7, 11) is 0. The molecule has 0 aliphatic carbocycles. The van der Waals surface area contributed by atoms with Gasteiger partial charge in [0.25, 0.3) is 11.8 Å². The van der Waals surface area contributed by atoms with Gasteiger partial charge in [0, 0.05) is 19.3 Å². The van der Waals surface area contributed by atoms with E-state index in [0.717, 1.165) is 18.4 Å². The Hall–Kier alpha value is -2.61. The van der Waals surface area contributed by atoms with Gasteiger partial charge in [0.05, 0.1) is 6.04 Å². The fraction of sp³-hybridized carbons (Fsp3) is 0.409. The Balaban J connectivity index is 1.36. The molecule has 0 saturated carbocycles. The van der Waals surface area contributed by atoms with Gasteiger partial charge in [0.15, 0.2) is 5.17 Å². The van der Waals surface area contributed by atoms with E-state index in [9.17, 15) is 14.0 Å². The highest BCUT2D eigenvalue weighted by atomic mass is 32.2. The second kappa shape index (κ2) is 8.26. The van der Waals surface area contributed by atoms with Crippen LogP contribution in [0.15, 0.2) is 47.6 Å². The highest BCUT2D eigenvalue weighted by Crippen LogP contribution is 2.44. The number of carbonyl (C=O) groups is 2. The zero-order valence-electron chi connectivity index (χ0n) is 17.0. The summed E-state index contributed by atoms with van der Waals surface area (Å²) in [5.41, 5.74) is 1.52. The fourth-order valence-corrected chi connectivity index (χ4v) is 5.38. The number of carbonyl (C=O) groups excluding carboxylic acids is 2. The van der Waals surface area contributed by atoms with Crippen LogP contribution < -0.4 is 5.32 Å². The summed E-state index contributed by atoms with van der Waals surface area (Å²) in [6.07, 6.45) is 3.27. The standard InChI is InChI=1S/C22H25FN4O2S/c1-14(15-5-7-17(23)8-6-15)25-21-26-20(29)22(2,30-21)16-9-12-27(13-10-16)19(28)18-4-3-11-24-18/h3-8,11,14,16,24H,9-10,12-13H2,1-2H3,(H,25,26,29)/t14-,22+/m0/s1. The number of thioether (sulfide) groups is 1. The summed E-state index contributed by atoms with van der Waals surface area (Å²) in [5, 5.41) is 3.89. The molecule has 4 rings (SSSR count). The lowest BCUT2D eigenvalue weighted by Crippen LogP contribution is -2.46. The Morgan fingerprint density at radius 2 is 2.00 bits per heavy atom. The molecular formula is C22H25FN4O2S. The minimum atomic E-state index is -0.633. The average molecular weight is 429 g/mol. The molecule has 0 unspecified atom stereocenters. The molecule has 2 N–H and O–H groups in total. The van der Waals surface area contributed by atoms with Crippen LogP contribution in [0.5, 0.6) is 0 Å². The van der Waals surface area contributed by atoms with E-state index in [4.69, 9.17) is 0 Å². The van der Waals surface area contributed by atoms with Crippen LogP contribution in [0.25, 0.3) is 0 Å². The zero-order valence-corrected chi connectivity index (χ0v) is 17.8. The zero-order chi connectivity index (χ0) is 21.3. The van der Waals surface area contributed by atoms with Gasteiger partial charge in [-0.25, -0.2) is 4.39 Å². The maximum Gasteiger partial charge on any atom is 0.270 e. The Labute approximate surface area is 179 Å². The van der Waals surface area contributed by atoms with Crippen LogP contribution in [-0.2, 0) is 4.79 Å². The fourth-order valence-electron chi connectivity index (χ4n) is 4.08. The number of piperidine rings is 1. The average Bonchev–Trinajstić information content (AvgIpc) is 3.37. The molecule has 2 aliphatic rings. The van der Waals surface area contributed by atoms with E-state index in [1.165, 1.54) is 23.9 Å². The van der Waals surface area contributed by atoms with Crippen molar-refractivity contribution in [1.29, 1.82) is 0 Å². The minimum absolute atomic E-state index is 0.000679. The van der Waals surface area contributed by atoms with Gasteiger partial charge in [-0.05, 0) is 62.4 Å². The summed E-state index contributed by atoms with van der Waals surface area (Å²) in [5.74, 6) is -0.259. The molecule has 2 amide bonds. The Kier molecular flexibility index (Phi) is 5.69. The van der Waals surface area contributed by atoms with Crippen LogP contribution in [0.4, 0.5) is 4.39 Å². The first-order valence-corrected chi connectivity index (χ1v) is 11.0. The van der Waals surface area contributed by atoms with Crippen molar-refractivity contribution in [2.45, 2.75) is 37.5 Å². The van der Waals surface area contributed by atoms with Crippen molar-refractivity contribution in [2.24, 2.45) is 10.9 Å². The summed E-state index contributed by atoms with van der Waals surface area (Å²) in [6.45, 7) is 5.16. The molecule has 8 heteroatoms. The van der Waals surface area contributed by atoms with E-state index in [1.807, 2.05) is 24.8 Å². The van der Waals surface area contributed by atoms with Gasteiger partial charge < -0.3 is 15.2 Å². The van der Waals surface area contributed by atoms with E-state index in [2.05, 4.69) is 15.3 Å². The minimum Gasteiger partial charge on any atom is -0.358 e. The number of aliphatic imine (C=N–C) groups is 1. The van der Waals surface area contributed by atoms with Crippen molar-refractivity contribution in [2.75, 3.05) is 13.1 Å². The maximum atomic E-state index is 13.2. The molecule has 1 aromatic carbocycles. The van der Waals surface area contributed by atoms with Gasteiger partial charge in [-0.3, -0.25) is 9.59 Å². The molecule has 1 saturated heterocycles. The van der Waals surface area contributed by atoms with Crippen LogP contribution in [0.2, 0.25) is 0 Å². The topological polar surface area (TPSA) is 77.6 Å². The van der Waals surface area contributed by atoms with Crippen molar-refractivity contribution < 1.29 is 14.0 Å². The van der Waals surface area contributed by atoms with Crippen LogP contribution in [0, 0.1) is 11.7 Å². The number of rotatable bonds is 4. The predicted molar refractivity (Wildman–Crippen MR) is 116 cm³/mol. The summed E-state index contributed by atoms with van der Waals surface area (Å²) in [4.78, 5) is 34.4. The summed E-state index contributed by atoms with van der Waals surface area (Å²) < 4.78 is 12.5. The predicted octanol–water partition coefficient (Wildman–Crippen LogP) is 3.74. The number of H-pyrrole nitrogens is 1. The molecule has 1 aromatic heterocycles. The van der Waals surface area contributed by atoms with Crippen LogP contribution in [0.1, 0.15) is 48.8 Å². The molecule has 0 bridgehead atoms.